The molecule has 1 amide bonds. The van der Waals surface area contributed by atoms with Crippen molar-refractivity contribution in [2.24, 2.45) is 5.92 Å². The van der Waals surface area contributed by atoms with Crippen LogP contribution in [0, 0.1) is 12.8 Å². The summed E-state index contributed by atoms with van der Waals surface area (Å²) in [7, 11) is 0. The first-order valence-electron chi connectivity index (χ1n) is 6.27. The molecule has 2 heterocycles. The number of thiophene rings is 1. The zero-order valence-electron chi connectivity index (χ0n) is 11.4. The molecule has 0 aromatic carbocycles. The Bertz CT molecular complexity index is 579. The highest BCUT2D eigenvalue weighted by Gasteiger charge is 2.09. The molecular weight excluding hydrogens is 260 g/mol. The van der Waals surface area contributed by atoms with Crippen LogP contribution in [0.15, 0.2) is 11.7 Å². The van der Waals surface area contributed by atoms with Gasteiger partial charge in [-0.2, -0.15) is 0 Å². The van der Waals surface area contributed by atoms with E-state index >= 15 is 0 Å². The van der Waals surface area contributed by atoms with Crippen LogP contribution in [0.5, 0.6) is 0 Å². The van der Waals surface area contributed by atoms with Crippen LogP contribution in [0.4, 0.5) is 5.82 Å². The topological polar surface area (TPSA) is 66.9 Å². The molecule has 0 spiro atoms. The number of anilines is 1. The molecule has 0 aliphatic heterocycles. The Hall–Kier alpha value is -1.69. The summed E-state index contributed by atoms with van der Waals surface area (Å²) in [6.45, 7) is 7.07. The normalized spacial score (nSPS) is 10.9. The molecule has 0 saturated heterocycles. The smallest absolute Gasteiger partial charge is 0.239 e. The van der Waals surface area contributed by atoms with E-state index in [4.69, 9.17) is 0 Å². The van der Waals surface area contributed by atoms with E-state index < -0.39 is 0 Å². The summed E-state index contributed by atoms with van der Waals surface area (Å²) < 4.78 is 0.997. The van der Waals surface area contributed by atoms with E-state index in [2.05, 4.69) is 34.4 Å². The van der Waals surface area contributed by atoms with Crippen molar-refractivity contribution in [3.8, 4) is 0 Å². The number of amides is 1. The minimum Gasteiger partial charge on any atom is -0.360 e. The van der Waals surface area contributed by atoms with Gasteiger partial charge in [-0.3, -0.25) is 4.79 Å². The molecule has 2 rings (SSSR count). The van der Waals surface area contributed by atoms with E-state index in [1.165, 1.54) is 6.33 Å². The maximum absolute atomic E-state index is 11.6. The Labute approximate surface area is 116 Å². The quantitative estimate of drug-likeness (QED) is 0.879. The van der Waals surface area contributed by atoms with Gasteiger partial charge in [-0.15, -0.1) is 11.3 Å². The highest BCUT2D eigenvalue weighted by molar-refractivity contribution is 7.18. The van der Waals surface area contributed by atoms with Gasteiger partial charge in [0, 0.05) is 6.54 Å². The number of rotatable bonds is 5. The maximum Gasteiger partial charge on any atom is 0.239 e. The van der Waals surface area contributed by atoms with Crippen molar-refractivity contribution in [3.63, 3.8) is 0 Å². The average molecular weight is 278 g/mol. The van der Waals surface area contributed by atoms with Crippen molar-refractivity contribution in [2.75, 3.05) is 18.4 Å². The second kappa shape index (κ2) is 5.97. The number of aryl methyl sites for hydroxylation is 1. The number of carbonyl (C=O) groups excluding carboxylic acids is 1. The first-order chi connectivity index (χ1) is 9.08. The predicted molar refractivity (Wildman–Crippen MR) is 78.5 cm³/mol. The van der Waals surface area contributed by atoms with Crippen molar-refractivity contribution in [1.29, 1.82) is 0 Å². The van der Waals surface area contributed by atoms with Crippen molar-refractivity contribution >= 4 is 33.3 Å². The summed E-state index contributed by atoms with van der Waals surface area (Å²) in [5.41, 5.74) is 2.08. The summed E-state index contributed by atoms with van der Waals surface area (Å²) >= 11 is 1.59. The highest BCUT2D eigenvalue weighted by Crippen LogP contribution is 2.28. The van der Waals surface area contributed by atoms with E-state index in [1.54, 1.807) is 11.3 Å². The molecule has 102 valence electrons. The van der Waals surface area contributed by atoms with Gasteiger partial charge >= 0.3 is 0 Å². The van der Waals surface area contributed by atoms with Gasteiger partial charge in [0.05, 0.1) is 16.8 Å². The summed E-state index contributed by atoms with van der Waals surface area (Å²) in [5.74, 6) is 1.16. The molecule has 0 bridgehead atoms. The molecule has 0 aliphatic carbocycles. The number of aromatic nitrogens is 2. The monoisotopic (exact) mass is 278 g/mol. The minimum absolute atomic E-state index is 0.0197. The van der Waals surface area contributed by atoms with E-state index in [1.807, 2.05) is 12.3 Å². The molecular formula is C13H18N4OS. The molecule has 0 atom stereocenters. The lowest BCUT2D eigenvalue weighted by Crippen LogP contribution is -2.32. The average Bonchev–Trinajstić information content (AvgIpc) is 2.76. The van der Waals surface area contributed by atoms with Crippen LogP contribution in [-0.4, -0.2) is 29.0 Å². The number of fused-ring (bicyclic) bond motifs is 1. The second-order valence-corrected chi connectivity index (χ2v) is 5.75. The third-order valence-corrected chi connectivity index (χ3v) is 3.75. The molecule has 2 N–H and O–H groups in total. The fraction of sp³-hybridized carbons (Fsp3) is 0.462. The van der Waals surface area contributed by atoms with E-state index in [0.29, 0.717) is 12.5 Å². The first-order valence-corrected chi connectivity index (χ1v) is 7.15. The minimum atomic E-state index is -0.0197. The number of carbonyl (C=O) groups is 1. The number of nitrogens with zero attached hydrogens (tertiary/aromatic N) is 2. The molecule has 2 aromatic heterocycles. The van der Waals surface area contributed by atoms with Crippen LogP contribution in [0.2, 0.25) is 0 Å². The lowest BCUT2D eigenvalue weighted by molar-refractivity contribution is -0.119. The van der Waals surface area contributed by atoms with Gasteiger partial charge in [-0.05, 0) is 23.8 Å². The van der Waals surface area contributed by atoms with Gasteiger partial charge in [0.1, 0.15) is 12.1 Å². The van der Waals surface area contributed by atoms with Crippen LogP contribution >= 0.6 is 11.3 Å². The van der Waals surface area contributed by atoms with Crippen LogP contribution in [-0.2, 0) is 4.79 Å². The number of hydrogen-bond donors (Lipinski definition) is 2. The lowest BCUT2D eigenvalue weighted by atomic mass is 10.2. The summed E-state index contributed by atoms with van der Waals surface area (Å²) in [6.07, 6.45) is 1.52. The largest absolute Gasteiger partial charge is 0.360 e. The van der Waals surface area contributed by atoms with Gasteiger partial charge in [-0.1, -0.05) is 13.8 Å². The van der Waals surface area contributed by atoms with Crippen molar-refractivity contribution in [3.05, 3.63) is 17.3 Å². The van der Waals surface area contributed by atoms with Crippen LogP contribution in [0.1, 0.15) is 19.4 Å². The summed E-state index contributed by atoms with van der Waals surface area (Å²) in [5, 5.41) is 7.98. The van der Waals surface area contributed by atoms with E-state index in [0.717, 1.165) is 21.6 Å². The van der Waals surface area contributed by atoms with Gasteiger partial charge in [0.25, 0.3) is 0 Å². The Morgan fingerprint density at radius 3 is 2.95 bits per heavy atom. The fourth-order valence-electron chi connectivity index (χ4n) is 1.64. The summed E-state index contributed by atoms with van der Waals surface area (Å²) in [4.78, 5) is 20.1. The molecule has 0 aliphatic rings. The Kier molecular flexibility index (Phi) is 4.31. The zero-order valence-corrected chi connectivity index (χ0v) is 12.2. The molecule has 2 aromatic rings. The molecule has 5 nitrogen and oxygen atoms in total. The van der Waals surface area contributed by atoms with Crippen LogP contribution < -0.4 is 10.6 Å². The van der Waals surface area contributed by atoms with Gasteiger partial charge in [-0.25, -0.2) is 9.97 Å². The maximum atomic E-state index is 11.6. The Balaban J connectivity index is 2.00. The predicted octanol–water partition coefficient (Wildman–Crippen LogP) is 2.18. The van der Waals surface area contributed by atoms with Crippen LogP contribution in [0.25, 0.3) is 10.2 Å². The third-order valence-electron chi connectivity index (χ3n) is 2.65. The van der Waals surface area contributed by atoms with Gasteiger partial charge < -0.3 is 10.6 Å². The zero-order chi connectivity index (χ0) is 13.8. The van der Waals surface area contributed by atoms with Crippen LogP contribution in [0.3, 0.4) is 0 Å². The fourth-order valence-corrected chi connectivity index (χ4v) is 2.61. The van der Waals surface area contributed by atoms with Crippen molar-refractivity contribution < 1.29 is 4.79 Å². The molecule has 0 radical (unpaired) electrons. The standard InChI is InChI=1S/C13H18N4OS/c1-8(2)4-14-10(18)5-15-13-12-11(16-7-17-13)9(3)6-19-12/h6-8H,4-5H2,1-3H3,(H,14,18)(H,15,16,17). The van der Waals surface area contributed by atoms with Gasteiger partial charge in [0.15, 0.2) is 0 Å². The SMILES string of the molecule is Cc1csc2c(NCC(=O)NCC(C)C)ncnc12. The number of nitrogens with one attached hydrogen (secondary N) is 2. The van der Waals surface area contributed by atoms with Crippen molar-refractivity contribution in [1.82, 2.24) is 15.3 Å². The van der Waals surface area contributed by atoms with Gasteiger partial charge in [0.2, 0.25) is 5.91 Å². The molecule has 0 fully saturated rings. The highest BCUT2D eigenvalue weighted by atomic mass is 32.1. The third kappa shape index (κ3) is 3.41. The molecule has 6 heteroatoms. The lowest BCUT2D eigenvalue weighted by Gasteiger charge is -2.09. The second-order valence-electron chi connectivity index (χ2n) is 4.87. The first kappa shape index (κ1) is 13.7. The summed E-state index contributed by atoms with van der Waals surface area (Å²) in [6, 6.07) is 0. The molecule has 19 heavy (non-hydrogen) atoms. The Morgan fingerprint density at radius 2 is 2.21 bits per heavy atom. The molecule has 0 unspecified atom stereocenters. The Morgan fingerprint density at radius 1 is 1.42 bits per heavy atom. The molecule has 0 saturated carbocycles. The number of hydrogen-bond acceptors (Lipinski definition) is 5. The van der Waals surface area contributed by atoms with E-state index in [-0.39, 0.29) is 12.5 Å². The van der Waals surface area contributed by atoms with Crippen molar-refractivity contribution in [2.45, 2.75) is 20.8 Å². The van der Waals surface area contributed by atoms with E-state index in [9.17, 15) is 4.79 Å².